The highest BCUT2D eigenvalue weighted by molar-refractivity contribution is 5.64. The van der Waals surface area contributed by atoms with Gasteiger partial charge in [-0.3, -0.25) is 0 Å². The Morgan fingerprint density at radius 3 is 0.881 bits per heavy atom. The number of carbonyl (C=O) groups is 2. The van der Waals surface area contributed by atoms with Crippen molar-refractivity contribution < 1.29 is 59.2 Å². The van der Waals surface area contributed by atoms with Crippen molar-refractivity contribution in [2.45, 2.75) is 104 Å². The predicted molar refractivity (Wildman–Crippen MR) is 158 cm³/mol. The number of hydrogen-bond acceptors (Lipinski definition) is 12. The zero-order chi connectivity index (χ0) is 32.4. The number of ether oxygens (including phenoxy) is 4. The van der Waals surface area contributed by atoms with Gasteiger partial charge in [-0.1, -0.05) is 78.1 Å². The van der Waals surface area contributed by atoms with E-state index in [0.29, 0.717) is 52.9 Å². The summed E-state index contributed by atoms with van der Waals surface area (Å²) in [7, 11) is 0. The first-order valence-electron chi connectivity index (χ1n) is 15.5. The second-order valence-electron chi connectivity index (χ2n) is 9.12. The van der Waals surface area contributed by atoms with Crippen LogP contribution in [-0.2, 0) is 28.5 Å². The SMILES string of the molecule is CCCCCCCC(=O)[O-].CCCCCCCCCC(=O)[O-].OCCOCCOCCO.OCCOCCOCCO. The van der Waals surface area contributed by atoms with E-state index in [1.807, 2.05) is 0 Å². The maximum absolute atomic E-state index is 10.0. The molecule has 42 heavy (non-hydrogen) atoms. The average Bonchev–Trinajstić information content (AvgIpc) is 2.97. The van der Waals surface area contributed by atoms with Gasteiger partial charge in [0.2, 0.25) is 0 Å². The molecular formula is C30H62O12-2. The van der Waals surface area contributed by atoms with Gasteiger partial charge in [0.1, 0.15) is 0 Å². The number of hydrogen-bond donors (Lipinski definition) is 4. The Bertz CT molecular complexity index is 449. The van der Waals surface area contributed by atoms with Crippen molar-refractivity contribution in [1.82, 2.24) is 0 Å². The predicted octanol–water partition coefficient (Wildman–Crippen LogP) is 0.982. The molecule has 0 amide bonds. The number of rotatable bonds is 28. The van der Waals surface area contributed by atoms with Gasteiger partial charge in [0.25, 0.3) is 0 Å². The van der Waals surface area contributed by atoms with Crippen molar-refractivity contribution in [3.63, 3.8) is 0 Å². The van der Waals surface area contributed by atoms with Gasteiger partial charge in [0, 0.05) is 11.9 Å². The molecule has 0 unspecified atom stereocenters. The minimum Gasteiger partial charge on any atom is -0.550 e. The third-order valence-electron chi connectivity index (χ3n) is 5.16. The lowest BCUT2D eigenvalue weighted by Crippen LogP contribution is -2.21. The molecule has 0 aliphatic carbocycles. The van der Waals surface area contributed by atoms with E-state index in [0.717, 1.165) is 32.1 Å². The summed E-state index contributed by atoms with van der Waals surface area (Å²) >= 11 is 0. The molecular weight excluding hydrogens is 552 g/mol. The molecule has 0 aromatic heterocycles. The standard InChI is InChI=1S/C10H20O2.C8H16O2.2C6H14O4/c1-2-3-4-5-6-7-8-9-10(11)12;1-2-3-4-5-6-7-8(9)10;2*7-1-3-9-5-6-10-4-2-8/h2-9H2,1H3,(H,11,12);2-7H2,1H3,(H,9,10);2*7-8H,1-6H2/p-2. The largest absolute Gasteiger partial charge is 0.550 e. The van der Waals surface area contributed by atoms with Gasteiger partial charge < -0.3 is 59.2 Å². The van der Waals surface area contributed by atoms with E-state index in [4.69, 9.17) is 39.4 Å². The Kier molecular flexibility index (Phi) is 55.8. The molecule has 4 N–H and O–H groups in total. The molecule has 0 spiro atoms. The van der Waals surface area contributed by atoms with Crippen LogP contribution in [0.25, 0.3) is 0 Å². The zero-order valence-corrected chi connectivity index (χ0v) is 26.4. The van der Waals surface area contributed by atoms with Crippen LogP contribution in [0.3, 0.4) is 0 Å². The lowest BCUT2D eigenvalue weighted by atomic mass is 10.1. The summed E-state index contributed by atoms with van der Waals surface area (Å²) in [6, 6.07) is 0. The van der Waals surface area contributed by atoms with Gasteiger partial charge in [-0.25, -0.2) is 0 Å². The summed E-state index contributed by atoms with van der Waals surface area (Å²) < 4.78 is 19.5. The normalized spacial score (nSPS) is 10.0. The number of aliphatic hydroxyl groups excluding tert-OH is 4. The Morgan fingerprint density at radius 2 is 0.667 bits per heavy atom. The number of aliphatic hydroxyl groups is 4. The van der Waals surface area contributed by atoms with E-state index in [1.54, 1.807) is 0 Å². The molecule has 0 aromatic carbocycles. The van der Waals surface area contributed by atoms with Gasteiger partial charge >= 0.3 is 0 Å². The van der Waals surface area contributed by atoms with Crippen LogP contribution in [0.5, 0.6) is 0 Å². The highest BCUT2D eigenvalue weighted by Crippen LogP contribution is 2.07. The van der Waals surface area contributed by atoms with Gasteiger partial charge in [0.05, 0.1) is 79.3 Å². The minimum atomic E-state index is -0.920. The highest BCUT2D eigenvalue weighted by Gasteiger charge is 1.91. The maximum Gasteiger partial charge on any atom is 0.0701 e. The molecule has 12 heteroatoms. The quantitative estimate of drug-likeness (QED) is 0.0913. The third kappa shape index (κ3) is 66.7. The van der Waals surface area contributed by atoms with Crippen LogP contribution >= 0.6 is 0 Å². The van der Waals surface area contributed by atoms with Crippen LogP contribution in [0.1, 0.15) is 104 Å². The van der Waals surface area contributed by atoms with Gasteiger partial charge in [-0.05, 0) is 25.7 Å². The molecule has 0 aliphatic heterocycles. The Labute approximate surface area is 254 Å². The van der Waals surface area contributed by atoms with E-state index in [9.17, 15) is 19.8 Å². The summed E-state index contributed by atoms with van der Waals surface area (Å²) in [4.78, 5) is 19.9. The van der Waals surface area contributed by atoms with E-state index in [2.05, 4.69) is 13.8 Å². The van der Waals surface area contributed by atoms with Gasteiger partial charge in [-0.2, -0.15) is 0 Å². The van der Waals surface area contributed by atoms with Crippen molar-refractivity contribution >= 4 is 11.9 Å². The summed E-state index contributed by atoms with van der Waals surface area (Å²) in [6.07, 6.45) is 13.9. The maximum atomic E-state index is 10.0. The summed E-state index contributed by atoms with van der Waals surface area (Å²) in [5, 5.41) is 53.0. The molecule has 0 bridgehead atoms. The fourth-order valence-electron chi connectivity index (χ4n) is 3.00. The van der Waals surface area contributed by atoms with Crippen LogP contribution < -0.4 is 10.2 Å². The first kappa shape index (κ1) is 47.5. The van der Waals surface area contributed by atoms with Crippen molar-refractivity contribution in [3.05, 3.63) is 0 Å². The van der Waals surface area contributed by atoms with Crippen LogP contribution in [0.4, 0.5) is 0 Å². The fourth-order valence-corrected chi connectivity index (χ4v) is 3.00. The van der Waals surface area contributed by atoms with E-state index in [-0.39, 0.29) is 39.3 Å². The van der Waals surface area contributed by atoms with Crippen molar-refractivity contribution in [2.75, 3.05) is 79.3 Å². The second-order valence-corrected chi connectivity index (χ2v) is 9.12. The summed E-state index contributed by atoms with van der Waals surface area (Å²) in [5.74, 6) is -1.83. The molecule has 0 fully saturated rings. The second kappa shape index (κ2) is 49.3. The van der Waals surface area contributed by atoms with E-state index in [1.165, 1.54) is 44.9 Å². The van der Waals surface area contributed by atoms with Crippen molar-refractivity contribution in [2.24, 2.45) is 0 Å². The molecule has 0 rings (SSSR count). The van der Waals surface area contributed by atoms with Crippen LogP contribution in [-0.4, -0.2) is 112 Å². The molecule has 0 saturated carbocycles. The van der Waals surface area contributed by atoms with Crippen LogP contribution in [0, 0.1) is 0 Å². The van der Waals surface area contributed by atoms with Gasteiger partial charge in [-0.15, -0.1) is 0 Å². The lowest BCUT2D eigenvalue weighted by molar-refractivity contribution is -0.307. The minimum absolute atomic E-state index is 0.0417. The molecule has 0 heterocycles. The van der Waals surface area contributed by atoms with E-state index < -0.39 is 11.9 Å². The van der Waals surface area contributed by atoms with Crippen molar-refractivity contribution in [1.29, 1.82) is 0 Å². The number of carboxylic acids is 2. The van der Waals surface area contributed by atoms with Gasteiger partial charge in [0.15, 0.2) is 0 Å². The molecule has 0 aromatic rings. The highest BCUT2D eigenvalue weighted by atomic mass is 16.5. The average molecular weight is 615 g/mol. The summed E-state index contributed by atoms with van der Waals surface area (Å²) in [6.45, 7) is 7.78. The first-order chi connectivity index (χ1) is 20.4. The molecule has 256 valence electrons. The molecule has 0 radical (unpaired) electrons. The van der Waals surface area contributed by atoms with Crippen LogP contribution in [0.15, 0.2) is 0 Å². The monoisotopic (exact) mass is 614 g/mol. The third-order valence-corrected chi connectivity index (χ3v) is 5.16. The fraction of sp³-hybridized carbons (Fsp3) is 0.933. The molecule has 12 nitrogen and oxygen atoms in total. The Morgan fingerprint density at radius 1 is 0.429 bits per heavy atom. The van der Waals surface area contributed by atoms with E-state index >= 15 is 0 Å². The molecule has 0 aliphatic rings. The van der Waals surface area contributed by atoms with Crippen LogP contribution in [0.2, 0.25) is 0 Å². The zero-order valence-electron chi connectivity index (χ0n) is 26.4. The topological polar surface area (TPSA) is 198 Å². The van der Waals surface area contributed by atoms with Crippen molar-refractivity contribution in [3.8, 4) is 0 Å². The number of unbranched alkanes of at least 4 members (excludes halogenated alkanes) is 10. The molecule has 0 saturated heterocycles. The first-order valence-corrected chi connectivity index (χ1v) is 15.5. The number of aliphatic carboxylic acids is 2. The molecule has 0 atom stereocenters. The Balaban J connectivity index is -0.000000230. The smallest absolute Gasteiger partial charge is 0.0701 e. The number of carboxylic acid groups (broad SMARTS) is 2. The Hall–Kier alpha value is -1.38. The lowest BCUT2D eigenvalue weighted by Gasteiger charge is -2.01. The number of carbonyl (C=O) groups excluding carboxylic acids is 2. The summed E-state index contributed by atoms with van der Waals surface area (Å²) in [5.41, 5.74) is 0.